The number of carbonyl (C=O) groups is 1. The Labute approximate surface area is 136 Å². The molecule has 5 heteroatoms. The highest BCUT2D eigenvalue weighted by Crippen LogP contribution is 2.23. The van der Waals surface area contributed by atoms with Crippen LogP contribution in [0.15, 0.2) is 40.9 Å². The quantitative estimate of drug-likeness (QED) is 0.872. The number of hydrogen-bond acceptors (Lipinski definition) is 2. The fourth-order valence-corrected chi connectivity index (χ4v) is 2.88. The van der Waals surface area contributed by atoms with Crippen molar-refractivity contribution in [2.45, 2.75) is 19.6 Å². The first-order valence-corrected chi connectivity index (χ1v) is 7.85. The average Bonchev–Trinajstić information content (AvgIpc) is 2.95. The van der Waals surface area contributed by atoms with E-state index in [0.717, 1.165) is 23.1 Å². The third-order valence-electron chi connectivity index (χ3n) is 3.54. The van der Waals surface area contributed by atoms with Crippen molar-refractivity contribution in [3.05, 3.63) is 68.1 Å². The Balaban J connectivity index is 1.67. The van der Waals surface area contributed by atoms with Gasteiger partial charge in [0.15, 0.2) is 0 Å². The highest BCUT2D eigenvalue weighted by Gasteiger charge is 2.11. The summed E-state index contributed by atoms with van der Waals surface area (Å²) < 4.78 is 0.723. The number of hydrogen-bond donors (Lipinski definition) is 2. The van der Waals surface area contributed by atoms with E-state index < -0.39 is 0 Å². The zero-order valence-corrected chi connectivity index (χ0v) is 13.6. The van der Waals surface area contributed by atoms with E-state index >= 15 is 0 Å². The third-order valence-corrected chi connectivity index (χ3v) is 4.75. The van der Waals surface area contributed by atoms with Crippen LogP contribution in [0.4, 0.5) is 0 Å². The molecule has 1 aliphatic rings. The molecule has 1 amide bonds. The lowest BCUT2D eigenvalue weighted by atomic mass is 10.1. The Morgan fingerprint density at radius 2 is 2.00 bits per heavy atom. The second kappa shape index (κ2) is 6.18. The molecule has 3 rings (SSSR count). The van der Waals surface area contributed by atoms with Crippen LogP contribution in [0, 0.1) is 0 Å². The maximum Gasteiger partial charge on any atom is 0.251 e. The summed E-state index contributed by atoms with van der Waals surface area (Å²) in [5.41, 5.74) is 4.36. The molecule has 2 aromatic carbocycles. The van der Waals surface area contributed by atoms with E-state index in [9.17, 15) is 4.79 Å². The van der Waals surface area contributed by atoms with Crippen LogP contribution in [0.1, 0.15) is 27.0 Å². The van der Waals surface area contributed by atoms with Crippen molar-refractivity contribution in [3.63, 3.8) is 0 Å². The standard InChI is InChI=1S/C16H14BrClN2O/c17-14-6-11(3-4-15(14)18)16(21)20-7-10-1-2-12-8-19-9-13(12)5-10/h1-6,19H,7-9H2,(H,20,21). The van der Waals surface area contributed by atoms with Crippen molar-refractivity contribution in [2.24, 2.45) is 0 Å². The monoisotopic (exact) mass is 364 g/mol. The highest BCUT2D eigenvalue weighted by atomic mass is 79.9. The smallest absolute Gasteiger partial charge is 0.251 e. The van der Waals surface area contributed by atoms with Crippen molar-refractivity contribution >= 4 is 33.4 Å². The lowest BCUT2D eigenvalue weighted by molar-refractivity contribution is 0.0951. The fraction of sp³-hybridized carbons (Fsp3) is 0.188. The molecule has 0 aliphatic carbocycles. The second-order valence-corrected chi connectivity index (χ2v) is 6.28. The minimum atomic E-state index is -0.106. The van der Waals surface area contributed by atoms with E-state index in [4.69, 9.17) is 11.6 Å². The van der Waals surface area contributed by atoms with Gasteiger partial charge in [-0.1, -0.05) is 29.8 Å². The molecule has 2 N–H and O–H groups in total. The molecule has 0 atom stereocenters. The molecule has 3 nitrogen and oxygen atoms in total. The minimum absolute atomic E-state index is 0.106. The number of carbonyl (C=O) groups excluding carboxylic acids is 1. The van der Waals surface area contributed by atoms with Crippen LogP contribution >= 0.6 is 27.5 Å². The molecule has 0 bridgehead atoms. The predicted octanol–water partition coefficient (Wildman–Crippen LogP) is 3.64. The summed E-state index contributed by atoms with van der Waals surface area (Å²) in [6.07, 6.45) is 0. The van der Waals surface area contributed by atoms with Crippen molar-refractivity contribution in [1.82, 2.24) is 10.6 Å². The van der Waals surface area contributed by atoms with E-state index in [1.54, 1.807) is 18.2 Å². The number of nitrogens with one attached hydrogen (secondary N) is 2. The molecule has 0 saturated heterocycles. The van der Waals surface area contributed by atoms with Gasteiger partial charge in [-0.25, -0.2) is 0 Å². The van der Waals surface area contributed by atoms with Gasteiger partial charge in [-0.05, 0) is 50.8 Å². The second-order valence-electron chi connectivity index (χ2n) is 5.02. The van der Waals surface area contributed by atoms with Crippen LogP contribution in [0.5, 0.6) is 0 Å². The summed E-state index contributed by atoms with van der Waals surface area (Å²) in [6.45, 7) is 2.36. The summed E-state index contributed by atoms with van der Waals surface area (Å²) in [7, 11) is 0. The topological polar surface area (TPSA) is 41.1 Å². The third kappa shape index (κ3) is 3.28. The van der Waals surface area contributed by atoms with E-state index in [2.05, 4.69) is 44.8 Å². The van der Waals surface area contributed by atoms with E-state index in [-0.39, 0.29) is 5.91 Å². The Hall–Kier alpha value is -1.36. The van der Waals surface area contributed by atoms with Gasteiger partial charge in [-0.2, -0.15) is 0 Å². The van der Waals surface area contributed by atoms with Crippen LogP contribution in [-0.2, 0) is 19.6 Å². The van der Waals surface area contributed by atoms with Crippen LogP contribution < -0.4 is 10.6 Å². The first-order valence-electron chi connectivity index (χ1n) is 6.68. The van der Waals surface area contributed by atoms with Crippen LogP contribution in [0.2, 0.25) is 5.02 Å². The molecule has 0 unspecified atom stereocenters. The predicted molar refractivity (Wildman–Crippen MR) is 87.3 cm³/mol. The molecule has 1 heterocycles. The van der Waals surface area contributed by atoms with Crippen LogP contribution in [0.25, 0.3) is 0 Å². The van der Waals surface area contributed by atoms with E-state index in [0.29, 0.717) is 17.1 Å². The van der Waals surface area contributed by atoms with E-state index in [1.807, 2.05) is 0 Å². The highest BCUT2D eigenvalue weighted by molar-refractivity contribution is 9.10. The molecule has 0 spiro atoms. The number of benzene rings is 2. The van der Waals surface area contributed by atoms with E-state index in [1.165, 1.54) is 11.1 Å². The van der Waals surface area contributed by atoms with Crippen molar-refractivity contribution < 1.29 is 4.79 Å². The van der Waals surface area contributed by atoms with Crippen LogP contribution in [0.3, 0.4) is 0 Å². The maximum atomic E-state index is 12.1. The molecule has 1 aliphatic heterocycles. The molecule has 21 heavy (non-hydrogen) atoms. The number of fused-ring (bicyclic) bond motifs is 1. The van der Waals surface area contributed by atoms with Gasteiger partial charge in [0.05, 0.1) is 5.02 Å². The molecule has 2 aromatic rings. The Morgan fingerprint density at radius 1 is 1.19 bits per heavy atom. The van der Waals surface area contributed by atoms with Crippen molar-refractivity contribution in [2.75, 3.05) is 0 Å². The molecule has 0 aromatic heterocycles. The Kier molecular flexibility index (Phi) is 4.29. The Morgan fingerprint density at radius 3 is 2.81 bits per heavy atom. The van der Waals surface area contributed by atoms with Gasteiger partial charge in [0, 0.05) is 29.7 Å². The summed E-state index contributed by atoms with van der Waals surface area (Å²) in [5, 5.41) is 6.84. The molecular formula is C16H14BrClN2O. The molecule has 0 saturated carbocycles. The summed E-state index contributed by atoms with van der Waals surface area (Å²) >= 11 is 9.25. The van der Waals surface area contributed by atoms with Crippen molar-refractivity contribution in [1.29, 1.82) is 0 Å². The number of rotatable bonds is 3. The molecule has 108 valence electrons. The first-order chi connectivity index (χ1) is 10.1. The zero-order chi connectivity index (χ0) is 14.8. The van der Waals surface area contributed by atoms with Gasteiger partial charge in [0.1, 0.15) is 0 Å². The number of amides is 1. The lowest BCUT2D eigenvalue weighted by Crippen LogP contribution is -2.22. The van der Waals surface area contributed by atoms with Gasteiger partial charge >= 0.3 is 0 Å². The number of halogens is 2. The van der Waals surface area contributed by atoms with Gasteiger partial charge in [-0.3, -0.25) is 4.79 Å². The minimum Gasteiger partial charge on any atom is -0.348 e. The summed E-state index contributed by atoms with van der Waals surface area (Å²) in [4.78, 5) is 12.1. The molecule has 0 radical (unpaired) electrons. The first kappa shape index (κ1) is 14.6. The average molecular weight is 366 g/mol. The SMILES string of the molecule is O=C(NCc1ccc2c(c1)CNC2)c1ccc(Cl)c(Br)c1. The van der Waals surface area contributed by atoms with Gasteiger partial charge in [-0.15, -0.1) is 0 Å². The summed E-state index contributed by atoms with van der Waals surface area (Å²) in [5.74, 6) is -0.106. The lowest BCUT2D eigenvalue weighted by Gasteiger charge is -2.08. The van der Waals surface area contributed by atoms with Gasteiger partial charge < -0.3 is 10.6 Å². The van der Waals surface area contributed by atoms with Crippen molar-refractivity contribution in [3.8, 4) is 0 Å². The van der Waals surface area contributed by atoms with Gasteiger partial charge in [0.2, 0.25) is 0 Å². The molecular weight excluding hydrogens is 352 g/mol. The molecule has 0 fully saturated rings. The van der Waals surface area contributed by atoms with Gasteiger partial charge in [0.25, 0.3) is 5.91 Å². The largest absolute Gasteiger partial charge is 0.348 e. The Bertz CT molecular complexity index is 703. The normalized spacial score (nSPS) is 13.0. The van der Waals surface area contributed by atoms with Crippen LogP contribution in [-0.4, -0.2) is 5.91 Å². The summed E-state index contributed by atoms with van der Waals surface area (Å²) in [6, 6.07) is 11.5. The maximum absolute atomic E-state index is 12.1. The zero-order valence-electron chi connectivity index (χ0n) is 11.2. The fourth-order valence-electron chi connectivity index (χ4n) is 2.38.